The van der Waals surface area contributed by atoms with Crippen LogP contribution in [0, 0.1) is 6.92 Å². The number of nitrogens with two attached hydrogens (primary N) is 1. The summed E-state index contributed by atoms with van der Waals surface area (Å²) in [5, 5.41) is 0. The van der Waals surface area contributed by atoms with Crippen LogP contribution in [-0.4, -0.2) is 33.2 Å². The first kappa shape index (κ1) is 16.0. The second-order valence-corrected chi connectivity index (χ2v) is 6.47. The Kier molecular flexibility index (Phi) is 5.42. The fourth-order valence-electron chi connectivity index (χ4n) is 1.70. The van der Waals surface area contributed by atoms with Crippen molar-refractivity contribution in [1.82, 2.24) is 4.72 Å². The number of benzene rings is 1. The van der Waals surface area contributed by atoms with Crippen LogP contribution in [0.2, 0.25) is 0 Å². The molecule has 0 aliphatic rings. The molecule has 0 aliphatic heterocycles. The van der Waals surface area contributed by atoms with Crippen molar-refractivity contribution in [1.29, 1.82) is 0 Å². The van der Waals surface area contributed by atoms with Crippen molar-refractivity contribution < 1.29 is 13.2 Å². The number of thiocarbonyl (C=S) groups is 1. The van der Waals surface area contributed by atoms with Crippen LogP contribution in [-0.2, 0) is 14.8 Å². The quantitative estimate of drug-likeness (QED) is 0.764. The summed E-state index contributed by atoms with van der Waals surface area (Å²) in [5.74, 6) is 0. The maximum atomic E-state index is 12.1. The Balaban J connectivity index is 3.03. The number of methoxy groups -OCH3 is 1. The normalized spacial score (nSPS) is 13.2. The summed E-state index contributed by atoms with van der Waals surface area (Å²) in [6.07, 6.45) is 0. The number of aryl methyl sites for hydroxylation is 1. The predicted molar refractivity (Wildman–Crippen MR) is 78.7 cm³/mol. The van der Waals surface area contributed by atoms with E-state index in [0.29, 0.717) is 12.2 Å². The van der Waals surface area contributed by atoms with E-state index in [0.717, 1.165) is 5.56 Å². The first-order valence-electron chi connectivity index (χ1n) is 5.69. The van der Waals surface area contributed by atoms with Gasteiger partial charge in [-0.3, -0.25) is 0 Å². The molecular weight excluding hydrogens is 284 g/mol. The molecule has 7 heteroatoms. The van der Waals surface area contributed by atoms with E-state index < -0.39 is 10.0 Å². The number of hydrogen-bond acceptors (Lipinski definition) is 4. The molecule has 1 aromatic rings. The van der Waals surface area contributed by atoms with Gasteiger partial charge in [-0.2, -0.15) is 0 Å². The Hall–Kier alpha value is -1.02. The van der Waals surface area contributed by atoms with Gasteiger partial charge in [-0.05, 0) is 31.5 Å². The molecule has 5 nitrogen and oxygen atoms in total. The van der Waals surface area contributed by atoms with E-state index in [4.69, 9.17) is 22.7 Å². The molecule has 0 spiro atoms. The highest BCUT2D eigenvalue weighted by atomic mass is 32.2. The minimum absolute atomic E-state index is 0.188. The van der Waals surface area contributed by atoms with Gasteiger partial charge in [0.05, 0.1) is 11.5 Å². The molecule has 1 aromatic carbocycles. The van der Waals surface area contributed by atoms with Gasteiger partial charge in [0.25, 0.3) is 0 Å². The Morgan fingerprint density at radius 3 is 2.63 bits per heavy atom. The number of sulfonamides is 1. The maximum absolute atomic E-state index is 12.1. The first-order valence-corrected chi connectivity index (χ1v) is 7.59. The highest BCUT2D eigenvalue weighted by molar-refractivity contribution is 7.89. The average molecular weight is 302 g/mol. The molecule has 19 heavy (non-hydrogen) atoms. The standard InChI is InChI=1S/C12H18N2O3S2/c1-8-6-10(4-5-11(8)12(13)18)19(15,16)14-9(2)7-17-3/h4-6,9,14H,7H2,1-3H3,(H2,13,18). The van der Waals surface area contributed by atoms with Gasteiger partial charge in [0.2, 0.25) is 10.0 Å². The highest BCUT2D eigenvalue weighted by Crippen LogP contribution is 2.15. The van der Waals surface area contributed by atoms with Gasteiger partial charge in [0.1, 0.15) is 4.99 Å². The van der Waals surface area contributed by atoms with Gasteiger partial charge in [0, 0.05) is 18.7 Å². The molecule has 3 N–H and O–H groups in total. The number of ether oxygens (including phenoxy) is 1. The van der Waals surface area contributed by atoms with Crippen LogP contribution in [0.3, 0.4) is 0 Å². The van der Waals surface area contributed by atoms with Crippen molar-refractivity contribution in [2.24, 2.45) is 5.73 Å². The van der Waals surface area contributed by atoms with Crippen LogP contribution in [0.4, 0.5) is 0 Å². The molecule has 0 aromatic heterocycles. The van der Waals surface area contributed by atoms with Crippen LogP contribution in [0.1, 0.15) is 18.1 Å². The smallest absolute Gasteiger partial charge is 0.240 e. The van der Waals surface area contributed by atoms with Gasteiger partial charge in [-0.15, -0.1) is 0 Å². The van der Waals surface area contributed by atoms with Gasteiger partial charge < -0.3 is 10.5 Å². The van der Waals surface area contributed by atoms with E-state index in [-0.39, 0.29) is 15.9 Å². The van der Waals surface area contributed by atoms with E-state index >= 15 is 0 Å². The summed E-state index contributed by atoms with van der Waals surface area (Å²) in [6.45, 7) is 3.81. The van der Waals surface area contributed by atoms with Gasteiger partial charge in [-0.25, -0.2) is 13.1 Å². The van der Waals surface area contributed by atoms with Gasteiger partial charge in [-0.1, -0.05) is 18.3 Å². The fourth-order valence-corrected chi connectivity index (χ4v) is 3.24. The largest absolute Gasteiger partial charge is 0.389 e. The van der Waals surface area contributed by atoms with Crippen LogP contribution in [0.25, 0.3) is 0 Å². The van der Waals surface area contributed by atoms with Crippen LogP contribution >= 0.6 is 12.2 Å². The third-order valence-corrected chi connectivity index (χ3v) is 4.35. The van der Waals surface area contributed by atoms with Gasteiger partial charge >= 0.3 is 0 Å². The van der Waals surface area contributed by atoms with Crippen LogP contribution in [0.5, 0.6) is 0 Å². The Labute approximate surface area is 119 Å². The maximum Gasteiger partial charge on any atom is 0.240 e. The fraction of sp³-hybridized carbons (Fsp3) is 0.417. The molecule has 106 valence electrons. The topological polar surface area (TPSA) is 81.4 Å². The molecule has 1 rings (SSSR count). The molecule has 0 saturated carbocycles. The number of hydrogen-bond donors (Lipinski definition) is 2. The molecule has 0 radical (unpaired) electrons. The zero-order valence-electron chi connectivity index (χ0n) is 11.1. The van der Waals surface area contributed by atoms with Crippen molar-refractivity contribution in [3.63, 3.8) is 0 Å². The lowest BCUT2D eigenvalue weighted by Gasteiger charge is -2.14. The lowest BCUT2D eigenvalue weighted by molar-refractivity contribution is 0.180. The minimum Gasteiger partial charge on any atom is -0.389 e. The molecule has 0 amide bonds. The molecule has 0 fully saturated rings. The summed E-state index contributed by atoms with van der Waals surface area (Å²) < 4.78 is 31.7. The third-order valence-electron chi connectivity index (χ3n) is 2.55. The van der Waals surface area contributed by atoms with Crippen molar-refractivity contribution >= 4 is 27.2 Å². The minimum atomic E-state index is -3.56. The Bertz CT molecular complexity index is 570. The summed E-state index contributed by atoms with van der Waals surface area (Å²) in [6, 6.07) is 4.36. The third kappa shape index (κ3) is 4.24. The molecule has 0 aliphatic carbocycles. The van der Waals surface area contributed by atoms with Crippen LogP contribution < -0.4 is 10.5 Å². The average Bonchev–Trinajstić information content (AvgIpc) is 2.27. The molecule has 1 atom stereocenters. The second kappa shape index (κ2) is 6.42. The van der Waals surface area contributed by atoms with E-state index in [2.05, 4.69) is 4.72 Å². The molecule has 0 bridgehead atoms. The summed E-state index contributed by atoms with van der Waals surface area (Å²) >= 11 is 4.89. The van der Waals surface area contributed by atoms with Crippen molar-refractivity contribution in [2.45, 2.75) is 24.8 Å². The number of nitrogens with one attached hydrogen (secondary N) is 1. The SMILES string of the molecule is COCC(C)NS(=O)(=O)c1ccc(C(N)=S)c(C)c1. The second-order valence-electron chi connectivity index (χ2n) is 4.32. The van der Waals surface area contributed by atoms with Crippen molar-refractivity contribution in [3.8, 4) is 0 Å². The lowest BCUT2D eigenvalue weighted by Crippen LogP contribution is -2.35. The zero-order valence-corrected chi connectivity index (χ0v) is 12.8. The Morgan fingerprint density at radius 2 is 2.16 bits per heavy atom. The molecule has 0 heterocycles. The Morgan fingerprint density at radius 1 is 1.53 bits per heavy atom. The van der Waals surface area contributed by atoms with E-state index in [1.165, 1.54) is 13.2 Å². The highest BCUT2D eigenvalue weighted by Gasteiger charge is 2.18. The van der Waals surface area contributed by atoms with Crippen molar-refractivity contribution in [2.75, 3.05) is 13.7 Å². The van der Waals surface area contributed by atoms with Gasteiger partial charge in [0.15, 0.2) is 0 Å². The monoisotopic (exact) mass is 302 g/mol. The lowest BCUT2D eigenvalue weighted by atomic mass is 10.1. The molecule has 0 saturated heterocycles. The molecular formula is C12H18N2O3S2. The van der Waals surface area contributed by atoms with Crippen molar-refractivity contribution in [3.05, 3.63) is 29.3 Å². The predicted octanol–water partition coefficient (Wildman–Crippen LogP) is 0.942. The zero-order chi connectivity index (χ0) is 14.6. The van der Waals surface area contributed by atoms with E-state index in [1.807, 2.05) is 0 Å². The number of rotatable bonds is 6. The van der Waals surface area contributed by atoms with E-state index in [9.17, 15) is 8.42 Å². The summed E-state index contributed by atoms with van der Waals surface area (Å²) in [7, 11) is -2.04. The molecule has 1 unspecified atom stereocenters. The van der Waals surface area contributed by atoms with Crippen LogP contribution in [0.15, 0.2) is 23.1 Å². The summed E-state index contributed by atoms with van der Waals surface area (Å²) in [5.41, 5.74) is 6.95. The van der Waals surface area contributed by atoms with E-state index in [1.54, 1.807) is 26.0 Å². The summed E-state index contributed by atoms with van der Waals surface area (Å²) in [4.78, 5) is 0.440. The first-order chi connectivity index (χ1) is 8.77.